The van der Waals surface area contributed by atoms with E-state index in [0.29, 0.717) is 19.4 Å². The Hall–Kier alpha value is -2.05. The second-order valence-corrected chi connectivity index (χ2v) is 7.72. The van der Waals surface area contributed by atoms with Gasteiger partial charge in [0.15, 0.2) is 0 Å². The van der Waals surface area contributed by atoms with Gasteiger partial charge in [0.25, 0.3) is 0 Å². The van der Waals surface area contributed by atoms with Crippen molar-refractivity contribution in [2.75, 3.05) is 6.54 Å². The Kier molecular flexibility index (Phi) is 8.61. The number of allylic oxidation sites excluding steroid dienone is 1. The summed E-state index contributed by atoms with van der Waals surface area (Å²) in [4.78, 5) is 38.1. The summed E-state index contributed by atoms with van der Waals surface area (Å²) in [6.07, 6.45) is 6.67. The maximum atomic E-state index is 12.9. The molecule has 1 saturated heterocycles. The molecule has 7 nitrogen and oxygen atoms in total. The Morgan fingerprint density at radius 1 is 1.31 bits per heavy atom. The minimum absolute atomic E-state index is 0.263. The fourth-order valence-electron chi connectivity index (χ4n) is 3.05. The number of nitrogens with one attached hydrogen (secondary N) is 1. The SMILES string of the molecule is C=CCCCCC[C@H](NC(=O)OC(C)(C)C)C(=O)N1CCC[C@H]1C(N)=O. The summed E-state index contributed by atoms with van der Waals surface area (Å²) in [5, 5.41) is 2.68. The topological polar surface area (TPSA) is 102 Å². The van der Waals surface area contributed by atoms with Gasteiger partial charge in [-0.05, 0) is 52.9 Å². The molecule has 7 heteroatoms. The van der Waals surface area contributed by atoms with Crippen molar-refractivity contribution in [3.05, 3.63) is 12.7 Å². The molecule has 2 atom stereocenters. The maximum absolute atomic E-state index is 12.9. The number of alkyl carbamates (subject to hydrolysis) is 1. The Balaban J connectivity index is 2.74. The number of carbonyl (C=O) groups excluding carboxylic acids is 3. The van der Waals surface area contributed by atoms with Gasteiger partial charge in [0.05, 0.1) is 0 Å². The van der Waals surface area contributed by atoms with Crippen LogP contribution in [0.4, 0.5) is 4.79 Å². The fourth-order valence-corrected chi connectivity index (χ4v) is 3.05. The highest BCUT2D eigenvalue weighted by Crippen LogP contribution is 2.20. The molecule has 3 N–H and O–H groups in total. The first kappa shape index (κ1) is 22.0. The summed E-state index contributed by atoms with van der Waals surface area (Å²) in [5.74, 6) is -0.765. The predicted molar refractivity (Wildman–Crippen MR) is 100 cm³/mol. The summed E-state index contributed by atoms with van der Waals surface area (Å²) in [7, 11) is 0. The second-order valence-electron chi connectivity index (χ2n) is 7.72. The smallest absolute Gasteiger partial charge is 0.408 e. The van der Waals surface area contributed by atoms with E-state index >= 15 is 0 Å². The third-order valence-electron chi connectivity index (χ3n) is 4.25. The Morgan fingerprint density at radius 3 is 2.58 bits per heavy atom. The van der Waals surface area contributed by atoms with Gasteiger partial charge in [-0.1, -0.05) is 18.9 Å². The van der Waals surface area contributed by atoms with Crippen molar-refractivity contribution in [1.82, 2.24) is 10.2 Å². The van der Waals surface area contributed by atoms with E-state index in [-0.39, 0.29) is 5.91 Å². The number of amides is 3. The molecule has 0 spiro atoms. The maximum Gasteiger partial charge on any atom is 0.408 e. The van der Waals surface area contributed by atoms with Crippen LogP contribution >= 0.6 is 0 Å². The van der Waals surface area contributed by atoms with Crippen LogP contribution in [0, 0.1) is 0 Å². The molecule has 0 radical (unpaired) electrons. The quantitative estimate of drug-likeness (QED) is 0.483. The highest BCUT2D eigenvalue weighted by Gasteiger charge is 2.36. The van der Waals surface area contributed by atoms with Crippen LogP contribution in [0.3, 0.4) is 0 Å². The molecular formula is C19H33N3O4. The molecule has 1 heterocycles. The van der Waals surface area contributed by atoms with E-state index in [1.807, 2.05) is 6.08 Å². The molecule has 1 aliphatic rings. The van der Waals surface area contributed by atoms with E-state index in [4.69, 9.17) is 10.5 Å². The van der Waals surface area contributed by atoms with Crippen molar-refractivity contribution in [1.29, 1.82) is 0 Å². The van der Waals surface area contributed by atoms with Gasteiger partial charge in [-0.3, -0.25) is 9.59 Å². The predicted octanol–water partition coefficient (Wildman–Crippen LogP) is 2.49. The van der Waals surface area contributed by atoms with Crippen molar-refractivity contribution >= 4 is 17.9 Å². The van der Waals surface area contributed by atoms with Crippen LogP contribution in [0.15, 0.2) is 12.7 Å². The highest BCUT2D eigenvalue weighted by molar-refractivity contribution is 5.91. The zero-order valence-corrected chi connectivity index (χ0v) is 16.3. The third kappa shape index (κ3) is 7.45. The molecule has 0 saturated carbocycles. The standard InChI is InChI=1S/C19H33N3O4/c1-5-6-7-8-9-11-14(21-18(25)26-19(2,3)4)17(24)22-13-10-12-15(22)16(20)23/h5,14-15H,1,6-13H2,2-4H3,(H2,20,23)(H,21,25)/t14-,15-/m0/s1. The van der Waals surface area contributed by atoms with E-state index in [2.05, 4.69) is 11.9 Å². The molecule has 0 aliphatic carbocycles. The van der Waals surface area contributed by atoms with Crippen LogP contribution in [0.2, 0.25) is 0 Å². The van der Waals surface area contributed by atoms with Crippen LogP contribution in [0.25, 0.3) is 0 Å². The number of hydrogen-bond acceptors (Lipinski definition) is 4. The lowest BCUT2D eigenvalue weighted by Gasteiger charge is -2.28. The molecule has 0 unspecified atom stereocenters. The Bertz CT molecular complexity index is 513. The Labute approximate surface area is 156 Å². The Morgan fingerprint density at radius 2 is 2.00 bits per heavy atom. The number of nitrogens with two attached hydrogens (primary N) is 1. The molecule has 0 aromatic carbocycles. The number of carbonyl (C=O) groups is 3. The molecular weight excluding hydrogens is 334 g/mol. The van der Waals surface area contributed by atoms with Crippen LogP contribution < -0.4 is 11.1 Å². The number of rotatable bonds is 9. The summed E-state index contributed by atoms with van der Waals surface area (Å²) in [5.41, 5.74) is 4.76. The monoisotopic (exact) mass is 367 g/mol. The zero-order valence-electron chi connectivity index (χ0n) is 16.3. The average molecular weight is 367 g/mol. The van der Waals surface area contributed by atoms with Crippen molar-refractivity contribution in [3.8, 4) is 0 Å². The molecule has 0 aromatic heterocycles. The first-order chi connectivity index (χ1) is 12.2. The number of hydrogen-bond donors (Lipinski definition) is 2. The van der Waals surface area contributed by atoms with Gasteiger partial charge in [-0.25, -0.2) is 4.79 Å². The van der Waals surface area contributed by atoms with Gasteiger partial charge in [0.2, 0.25) is 11.8 Å². The van der Waals surface area contributed by atoms with Crippen LogP contribution in [0.5, 0.6) is 0 Å². The first-order valence-electron chi connectivity index (χ1n) is 9.36. The average Bonchev–Trinajstić information content (AvgIpc) is 3.01. The van der Waals surface area contributed by atoms with Crippen LogP contribution in [0.1, 0.15) is 65.7 Å². The second kappa shape index (κ2) is 10.2. The van der Waals surface area contributed by atoms with Crippen molar-refractivity contribution in [2.45, 2.75) is 83.4 Å². The first-order valence-corrected chi connectivity index (χ1v) is 9.36. The van der Waals surface area contributed by atoms with Gasteiger partial charge >= 0.3 is 6.09 Å². The van der Waals surface area contributed by atoms with Crippen LogP contribution in [-0.4, -0.2) is 47.0 Å². The van der Waals surface area contributed by atoms with E-state index in [9.17, 15) is 14.4 Å². The summed E-state index contributed by atoms with van der Waals surface area (Å²) >= 11 is 0. The molecule has 1 rings (SSSR count). The van der Waals surface area contributed by atoms with Crippen LogP contribution in [-0.2, 0) is 14.3 Å². The minimum atomic E-state index is -0.714. The molecule has 26 heavy (non-hydrogen) atoms. The highest BCUT2D eigenvalue weighted by atomic mass is 16.6. The number of nitrogens with zero attached hydrogens (tertiary/aromatic N) is 1. The van der Waals surface area contributed by atoms with Gasteiger partial charge in [0, 0.05) is 6.54 Å². The lowest BCUT2D eigenvalue weighted by atomic mass is 10.1. The minimum Gasteiger partial charge on any atom is -0.444 e. The number of likely N-dealkylation sites (tertiary alicyclic amines) is 1. The molecule has 1 aliphatic heterocycles. The van der Waals surface area contributed by atoms with Gasteiger partial charge in [-0.15, -0.1) is 6.58 Å². The fraction of sp³-hybridized carbons (Fsp3) is 0.737. The van der Waals surface area contributed by atoms with Crippen molar-refractivity contribution in [2.24, 2.45) is 5.73 Å². The molecule has 1 fully saturated rings. The molecule has 0 bridgehead atoms. The van der Waals surface area contributed by atoms with Crippen molar-refractivity contribution < 1.29 is 19.1 Å². The summed E-state index contributed by atoms with van der Waals surface area (Å²) in [6.45, 7) is 9.47. The molecule has 3 amide bonds. The lowest BCUT2D eigenvalue weighted by molar-refractivity contribution is -0.139. The third-order valence-corrected chi connectivity index (χ3v) is 4.25. The van der Waals surface area contributed by atoms with Gasteiger partial charge < -0.3 is 20.7 Å². The van der Waals surface area contributed by atoms with E-state index < -0.39 is 29.7 Å². The van der Waals surface area contributed by atoms with E-state index in [1.54, 1.807) is 20.8 Å². The number of primary amides is 1. The van der Waals surface area contributed by atoms with Gasteiger partial charge in [0.1, 0.15) is 17.7 Å². The molecule has 148 valence electrons. The van der Waals surface area contributed by atoms with E-state index in [0.717, 1.165) is 32.1 Å². The van der Waals surface area contributed by atoms with E-state index in [1.165, 1.54) is 4.90 Å². The van der Waals surface area contributed by atoms with Crippen molar-refractivity contribution in [3.63, 3.8) is 0 Å². The summed E-state index contributed by atoms with van der Waals surface area (Å²) < 4.78 is 5.27. The zero-order chi connectivity index (χ0) is 19.7. The van der Waals surface area contributed by atoms with Gasteiger partial charge in [-0.2, -0.15) is 0 Å². The normalized spacial score (nSPS) is 18.3. The number of unbranched alkanes of at least 4 members (excludes halogenated alkanes) is 3. The molecule has 0 aromatic rings. The lowest BCUT2D eigenvalue weighted by Crippen LogP contribution is -2.53. The number of ether oxygens (including phenoxy) is 1. The summed E-state index contributed by atoms with van der Waals surface area (Å²) in [6, 6.07) is -1.31. The largest absolute Gasteiger partial charge is 0.444 e.